The van der Waals surface area contributed by atoms with Gasteiger partial charge in [0.25, 0.3) is 5.69 Å². The summed E-state index contributed by atoms with van der Waals surface area (Å²) in [5.74, 6) is 0.0274. The Kier molecular flexibility index (Phi) is 6.30. The van der Waals surface area contributed by atoms with Crippen molar-refractivity contribution in [2.75, 3.05) is 7.11 Å². The molecule has 0 aromatic heterocycles. The quantitative estimate of drug-likeness (QED) is 0.475. The third kappa shape index (κ3) is 4.82. The van der Waals surface area contributed by atoms with Crippen LogP contribution < -0.4 is 5.32 Å². The number of hydrogen-bond acceptors (Lipinski definition) is 5. The average Bonchev–Trinajstić information content (AvgIpc) is 2.43. The molecule has 0 radical (unpaired) electrons. The van der Waals surface area contributed by atoms with Crippen molar-refractivity contribution in [3.63, 3.8) is 0 Å². The van der Waals surface area contributed by atoms with E-state index in [4.69, 9.17) is 4.74 Å². The fourth-order valence-electron chi connectivity index (χ4n) is 2.17. The normalized spacial score (nSPS) is 12.2. The van der Waals surface area contributed by atoms with Gasteiger partial charge in [0.1, 0.15) is 6.04 Å². The number of ether oxygens (including phenoxy) is 1. The maximum atomic E-state index is 11.7. The molecule has 0 aliphatic heterocycles. The van der Waals surface area contributed by atoms with Crippen molar-refractivity contribution in [1.29, 1.82) is 0 Å². The number of methoxy groups -OCH3 is 1. The molecular formula is C15H22N2O4. The van der Waals surface area contributed by atoms with Gasteiger partial charge in [0, 0.05) is 18.2 Å². The Bertz CT molecular complexity index is 514. The third-order valence-corrected chi connectivity index (χ3v) is 3.35. The number of hydrogen-bond donors (Lipinski definition) is 1. The molecule has 0 aliphatic carbocycles. The van der Waals surface area contributed by atoms with Gasteiger partial charge in [0.2, 0.25) is 0 Å². The SMILES string of the molecule is COC(=O)C(CC(C)C)NCc1cccc([N+](=O)[O-])c1C. The molecule has 6 nitrogen and oxygen atoms in total. The van der Waals surface area contributed by atoms with Crippen molar-refractivity contribution >= 4 is 11.7 Å². The van der Waals surface area contributed by atoms with Gasteiger partial charge in [-0.05, 0) is 24.8 Å². The highest BCUT2D eigenvalue weighted by Crippen LogP contribution is 2.21. The summed E-state index contributed by atoms with van der Waals surface area (Å²) >= 11 is 0. The molecule has 1 aromatic carbocycles. The second-order valence-electron chi connectivity index (χ2n) is 5.40. The lowest BCUT2D eigenvalue weighted by atomic mass is 10.0. The minimum absolute atomic E-state index is 0.0905. The van der Waals surface area contributed by atoms with Crippen LogP contribution in [-0.4, -0.2) is 24.0 Å². The van der Waals surface area contributed by atoms with Gasteiger partial charge in [-0.2, -0.15) is 0 Å². The summed E-state index contributed by atoms with van der Waals surface area (Å²) in [5.41, 5.74) is 1.51. The molecule has 0 bridgehead atoms. The predicted molar refractivity (Wildman–Crippen MR) is 79.9 cm³/mol. The summed E-state index contributed by atoms with van der Waals surface area (Å²) in [6, 6.07) is 4.54. The Morgan fingerprint density at radius 3 is 2.62 bits per heavy atom. The Labute approximate surface area is 124 Å². The first-order valence-corrected chi connectivity index (χ1v) is 6.90. The lowest BCUT2D eigenvalue weighted by Gasteiger charge is -2.19. The molecule has 1 N–H and O–H groups in total. The molecule has 0 fully saturated rings. The van der Waals surface area contributed by atoms with Crippen LogP contribution in [-0.2, 0) is 16.1 Å². The van der Waals surface area contributed by atoms with Gasteiger partial charge in [-0.15, -0.1) is 0 Å². The number of carbonyl (C=O) groups is 1. The molecule has 0 aliphatic rings. The highest BCUT2D eigenvalue weighted by atomic mass is 16.6. The predicted octanol–water partition coefficient (Wildman–Crippen LogP) is 2.58. The van der Waals surface area contributed by atoms with Gasteiger partial charge >= 0.3 is 5.97 Å². The van der Waals surface area contributed by atoms with Gasteiger partial charge in [0.15, 0.2) is 0 Å². The minimum Gasteiger partial charge on any atom is -0.468 e. The summed E-state index contributed by atoms with van der Waals surface area (Å²) in [4.78, 5) is 22.3. The Balaban J connectivity index is 2.83. The van der Waals surface area contributed by atoms with E-state index >= 15 is 0 Å². The third-order valence-electron chi connectivity index (χ3n) is 3.35. The van der Waals surface area contributed by atoms with Crippen LogP contribution in [0.4, 0.5) is 5.69 Å². The van der Waals surface area contributed by atoms with Crippen LogP contribution in [0, 0.1) is 23.0 Å². The van der Waals surface area contributed by atoms with E-state index in [0.717, 1.165) is 5.56 Å². The molecule has 21 heavy (non-hydrogen) atoms. The molecule has 1 rings (SSSR count). The number of carbonyl (C=O) groups excluding carboxylic acids is 1. The van der Waals surface area contributed by atoms with Crippen LogP contribution in [0.1, 0.15) is 31.4 Å². The van der Waals surface area contributed by atoms with E-state index in [1.54, 1.807) is 13.0 Å². The lowest BCUT2D eigenvalue weighted by Crippen LogP contribution is -2.38. The number of nitrogens with one attached hydrogen (secondary N) is 1. The molecule has 116 valence electrons. The molecule has 1 atom stereocenters. The topological polar surface area (TPSA) is 81.5 Å². The van der Waals surface area contributed by atoms with Crippen molar-refractivity contribution in [3.05, 3.63) is 39.4 Å². The zero-order valence-corrected chi connectivity index (χ0v) is 12.9. The van der Waals surface area contributed by atoms with E-state index in [2.05, 4.69) is 5.32 Å². The molecule has 1 unspecified atom stereocenters. The molecule has 1 aromatic rings. The van der Waals surface area contributed by atoms with Gasteiger partial charge in [-0.25, -0.2) is 0 Å². The number of nitro groups is 1. The first-order valence-electron chi connectivity index (χ1n) is 6.90. The standard InChI is InChI=1S/C15H22N2O4/c1-10(2)8-13(15(18)21-4)16-9-12-6-5-7-14(11(12)3)17(19)20/h5-7,10,13,16H,8-9H2,1-4H3. The first-order chi connectivity index (χ1) is 9.86. The van der Waals surface area contributed by atoms with Crippen LogP contribution in [0.25, 0.3) is 0 Å². The van der Waals surface area contributed by atoms with E-state index in [-0.39, 0.29) is 11.7 Å². The van der Waals surface area contributed by atoms with Crippen LogP contribution >= 0.6 is 0 Å². The van der Waals surface area contributed by atoms with Gasteiger partial charge < -0.3 is 10.1 Å². The molecule has 0 saturated carbocycles. The minimum atomic E-state index is -0.409. The summed E-state index contributed by atoms with van der Waals surface area (Å²) in [6.07, 6.45) is 0.653. The maximum Gasteiger partial charge on any atom is 0.322 e. The summed E-state index contributed by atoms with van der Waals surface area (Å²) in [6.45, 7) is 6.15. The Morgan fingerprint density at radius 1 is 1.43 bits per heavy atom. The highest BCUT2D eigenvalue weighted by Gasteiger charge is 2.21. The second-order valence-corrected chi connectivity index (χ2v) is 5.40. The molecule has 6 heteroatoms. The van der Waals surface area contributed by atoms with Gasteiger partial charge in [-0.3, -0.25) is 14.9 Å². The number of nitrogens with zero attached hydrogens (tertiary/aromatic N) is 1. The zero-order chi connectivity index (χ0) is 16.0. The first kappa shape index (κ1) is 17.1. The van der Waals surface area contributed by atoms with E-state index in [1.165, 1.54) is 13.2 Å². The number of esters is 1. The van der Waals surface area contributed by atoms with Crippen LogP contribution in [0.2, 0.25) is 0 Å². The van der Waals surface area contributed by atoms with Gasteiger partial charge in [0.05, 0.1) is 12.0 Å². The fourth-order valence-corrected chi connectivity index (χ4v) is 2.17. The van der Waals surface area contributed by atoms with E-state index in [1.807, 2.05) is 19.9 Å². The molecular weight excluding hydrogens is 272 g/mol. The second kappa shape index (κ2) is 7.73. The molecule has 0 amide bonds. The Hall–Kier alpha value is -1.95. The monoisotopic (exact) mass is 294 g/mol. The van der Waals surface area contributed by atoms with E-state index in [9.17, 15) is 14.9 Å². The summed E-state index contributed by atoms with van der Waals surface area (Å²) < 4.78 is 4.78. The van der Waals surface area contributed by atoms with E-state index < -0.39 is 11.0 Å². The molecule has 0 spiro atoms. The van der Waals surface area contributed by atoms with Crippen molar-refractivity contribution in [2.45, 2.75) is 39.8 Å². The van der Waals surface area contributed by atoms with Crippen LogP contribution in [0.15, 0.2) is 18.2 Å². The van der Waals surface area contributed by atoms with Gasteiger partial charge in [-0.1, -0.05) is 26.0 Å². The van der Waals surface area contributed by atoms with Crippen LogP contribution in [0.3, 0.4) is 0 Å². The number of benzene rings is 1. The van der Waals surface area contributed by atoms with Crippen molar-refractivity contribution in [3.8, 4) is 0 Å². The maximum absolute atomic E-state index is 11.7. The van der Waals surface area contributed by atoms with Crippen LogP contribution in [0.5, 0.6) is 0 Å². The smallest absolute Gasteiger partial charge is 0.322 e. The Morgan fingerprint density at radius 2 is 2.10 bits per heavy atom. The van der Waals surface area contributed by atoms with Crippen molar-refractivity contribution in [2.24, 2.45) is 5.92 Å². The highest BCUT2D eigenvalue weighted by molar-refractivity contribution is 5.75. The summed E-state index contributed by atoms with van der Waals surface area (Å²) in [5, 5.41) is 14.1. The molecule has 0 saturated heterocycles. The zero-order valence-electron chi connectivity index (χ0n) is 12.9. The molecule has 0 heterocycles. The van der Waals surface area contributed by atoms with E-state index in [0.29, 0.717) is 24.4 Å². The van der Waals surface area contributed by atoms with Crippen molar-refractivity contribution < 1.29 is 14.5 Å². The lowest BCUT2D eigenvalue weighted by molar-refractivity contribution is -0.385. The number of nitro benzene ring substituents is 1. The summed E-state index contributed by atoms with van der Waals surface area (Å²) in [7, 11) is 1.36. The largest absolute Gasteiger partial charge is 0.468 e. The average molecular weight is 294 g/mol. The van der Waals surface area contributed by atoms with Crippen molar-refractivity contribution in [1.82, 2.24) is 5.32 Å². The fraction of sp³-hybridized carbons (Fsp3) is 0.533. The number of rotatable bonds is 7.